The van der Waals surface area contributed by atoms with Crippen LogP contribution in [0.5, 0.6) is 0 Å². The summed E-state index contributed by atoms with van der Waals surface area (Å²) in [6, 6.07) is 0. The Bertz CT molecular complexity index is 219. The first kappa shape index (κ1) is 20.9. The molecule has 0 aromatic heterocycles. The minimum Gasteiger partial charge on any atom is -0.393 e. The first-order valence-corrected chi connectivity index (χ1v) is 8.79. The maximum Gasteiger partial charge on any atom is 0.146 e. The molecule has 128 valence electrons. The van der Waals surface area contributed by atoms with Crippen molar-refractivity contribution in [3.8, 4) is 0 Å². The highest BCUT2D eigenvalue weighted by atomic mass is 16.7. The molecule has 0 heterocycles. The Hall–Kier alpha value is -0.120. The molecule has 0 rings (SSSR count). The minimum absolute atomic E-state index is 0.170. The van der Waals surface area contributed by atoms with Gasteiger partial charge in [-0.15, -0.1) is 0 Å². The van der Waals surface area contributed by atoms with Gasteiger partial charge >= 0.3 is 0 Å². The first-order chi connectivity index (χ1) is 9.95. The van der Waals surface area contributed by atoms with Gasteiger partial charge in [-0.25, -0.2) is 0 Å². The molecule has 0 spiro atoms. The number of aliphatic hydroxyl groups excluding tert-OH is 1. The van der Waals surface area contributed by atoms with Crippen LogP contribution in [0.3, 0.4) is 0 Å². The molecule has 0 aliphatic heterocycles. The van der Waals surface area contributed by atoms with Gasteiger partial charge in [-0.2, -0.15) is 0 Å². The molecular formula is C18H38O3. The van der Waals surface area contributed by atoms with Gasteiger partial charge in [0.1, 0.15) is 6.79 Å². The molecule has 21 heavy (non-hydrogen) atoms. The van der Waals surface area contributed by atoms with E-state index in [2.05, 4.69) is 27.7 Å². The zero-order valence-corrected chi connectivity index (χ0v) is 14.9. The highest BCUT2D eigenvalue weighted by Crippen LogP contribution is 2.24. The summed E-state index contributed by atoms with van der Waals surface area (Å²) in [7, 11) is 0. The van der Waals surface area contributed by atoms with Crippen LogP contribution in [-0.4, -0.2) is 31.2 Å². The van der Waals surface area contributed by atoms with Crippen LogP contribution in [0.1, 0.15) is 73.1 Å². The molecule has 3 heteroatoms. The summed E-state index contributed by atoms with van der Waals surface area (Å²) in [5.74, 6) is 2.10. The fraction of sp³-hybridized carbons (Fsp3) is 1.00. The quantitative estimate of drug-likeness (QED) is 0.376. The number of ether oxygens (including phenoxy) is 2. The van der Waals surface area contributed by atoms with Crippen molar-refractivity contribution in [2.75, 3.05) is 20.0 Å². The van der Waals surface area contributed by atoms with E-state index in [9.17, 15) is 5.11 Å². The van der Waals surface area contributed by atoms with Crippen molar-refractivity contribution < 1.29 is 14.6 Å². The predicted molar refractivity (Wildman–Crippen MR) is 89.3 cm³/mol. The number of aliphatic hydroxyl groups is 1. The second-order valence-corrected chi connectivity index (χ2v) is 6.95. The molecule has 4 unspecified atom stereocenters. The Balaban J connectivity index is 3.53. The standard InChI is InChI=1S/C18H38O3/c1-6-9-20-14-21-10-7-8-15(2)11-16(3)12-17(4)13-18(5)19/h15-19H,6-14H2,1-5H3. The highest BCUT2D eigenvalue weighted by molar-refractivity contribution is 4.65. The number of rotatable bonds is 14. The van der Waals surface area contributed by atoms with E-state index < -0.39 is 0 Å². The van der Waals surface area contributed by atoms with Crippen LogP contribution in [0.4, 0.5) is 0 Å². The second-order valence-electron chi connectivity index (χ2n) is 6.95. The summed E-state index contributed by atoms with van der Waals surface area (Å²) in [5, 5.41) is 9.41. The molecule has 0 amide bonds. The zero-order valence-electron chi connectivity index (χ0n) is 14.9. The third-order valence-electron chi connectivity index (χ3n) is 3.85. The van der Waals surface area contributed by atoms with Crippen molar-refractivity contribution in [3.63, 3.8) is 0 Å². The molecule has 0 aliphatic carbocycles. The van der Waals surface area contributed by atoms with E-state index in [-0.39, 0.29) is 6.10 Å². The normalized spacial score (nSPS) is 17.4. The summed E-state index contributed by atoms with van der Waals surface area (Å²) in [4.78, 5) is 0. The van der Waals surface area contributed by atoms with E-state index >= 15 is 0 Å². The third-order valence-corrected chi connectivity index (χ3v) is 3.85. The van der Waals surface area contributed by atoms with Gasteiger partial charge in [0.25, 0.3) is 0 Å². The molecule has 0 saturated heterocycles. The van der Waals surface area contributed by atoms with E-state index in [0.29, 0.717) is 12.7 Å². The smallest absolute Gasteiger partial charge is 0.146 e. The summed E-state index contributed by atoms with van der Waals surface area (Å²) in [5.41, 5.74) is 0. The van der Waals surface area contributed by atoms with E-state index in [0.717, 1.165) is 44.3 Å². The van der Waals surface area contributed by atoms with Crippen LogP contribution in [0.2, 0.25) is 0 Å². The predicted octanol–water partition coefficient (Wildman–Crippen LogP) is 4.63. The Kier molecular flexibility index (Phi) is 13.5. The second kappa shape index (κ2) is 13.5. The van der Waals surface area contributed by atoms with Crippen molar-refractivity contribution in [1.29, 1.82) is 0 Å². The maximum atomic E-state index is 9.41. The van der Waals surface area contributed by atoms with Crippen LogP contribution in [0.15, 0.2) is 0 Å². The van der Waals surface area contributed by atoms with E-state index in [4.69, 9.17) is 9.47 Å². The molecule has 0 aromatic carbocycles. The van der Waals surface area contributed by atoms with Crippen LogP contribution in [0.25, 0.3) is 0 Å². The fourth-order valence-electron chi connectivity index (χ4n) is 3.12. The Morgan fingerprint density at radius 1 is 0.810 bits per heavy atom. The SMILES string of the molecule is CCCOCOCCCC(C)CC(C)CC(C)CC(C)O. The molecule has 0 fully saturated rings. The molecule has 3 nitrogen and oxygen atoms in total. The molecular weight excluding hydrogens is 264 g/mol. The topological polar surface area (TPSA) is 38.7 Å². The lowest BCUT2D eigenvalue weighted by molar-refractivity contribution is -0.0549. The fourth-order valence-corrected chi connectivity index (χ4v) is 3.12. The lowest BCUT2D eigenvalue weighted by atomic mass is 9.86. The largest absolute Gasteiger partial charge is 0.393 e. The molecule has 4 atom stereocenters. The Labute approximate surface area is 132 Å². The third kappa shape index (κ3) is 14.6. The summed E-state index contributed by atoms with van der Waals surface area (Å²) >= 11 is 0. The molecule has 1 N–H and O–H groups in total. The average molecular weight is 302 g/mol. The van der Waals surface area contributed by atoms with Gasteiger partial charge in [0.05, 0.1) is 6.10 Å². The van der Waals surface area contributed by atoms with E-state index in [1.54, 1.807) is 0 Å². The van der Waals surface area contributed by atoms with Crippen LogP contribution < -0.4 is 0 Å². The summed E-state index contributed by atoms with van der Waals surface area (Å²) < 4.78 is 10.7. The lowest BCUT2D eigenvalue weighted by Crippen LogP contribution is -2.12. The van der Waals surface area contributed by atoms with Gasteiger partial charge < -0.3 is 14.6 Å². The van der Waals surface area contributed by atoms with Crippen molar-refractivity contribution in [2.45, 2.75) is 79.2 Å². The van der Waals surface area contributed by atoms with Gasteiger partial charge in [0.15, 0.2) is 0 Å². The minimum atomic E-state index is -0.170. The zero-order chi connectivity index (χ0) is 16.1. The van der Waals surface area contributed by atoms with Crippen LogP contribution >= 0.6 is 0 Å². The van der Waals surface area contributed by atoms with Gasteiger partial charge in [0, 0.05) is 13.2 Å². The van der Waals surface area contributed by atoms with Gasteiger partial charge in [-0.05, 0) is 63.2 Å². The van der Waals surface area contributed by atoms with Crippen molar-refractivity contribution >= 4 is 0 Å². The lowest BCUT2D eigenvalue weighted by Gasteiger charge is -2.21. The number of hydrogen-bond acceptors (Lipinski definition) is 3. The van der Waals surface area contributed by atoms with Crippen LogP contribution in [-0.2, 0) is 9.47 Å². The summed E-state index contributed by atoms with van der Waals surface area (Å²) in [6.45, 7) is 12.9. The molecule has 0 radical (unpaired) electrons. The van der Waals surface area contributed by atoms with Gasteiger partial charge in [-0.3, -0.25) is 0 Å². The van der Waals surface area contributed by atoms with Gasteiger partial charge in [-0.1, -0.05) is 27.7 Å². The van der Waals surface area contributed by atoms with Crippen molar-refractivity contribution in [2.24, 2.45) is 17.8 Å². The van der Waals surface area contributed by atoms with Crippen molar-refractivity contribution in [3.05, 3.63) is 0 Å². The summed E-state index contributed by atoms with van der Waals surface area (Å²) in [6.07, 6.45) is 6.63. The molecule has 0 saturated carbocycles. The molecule has 0 aromatic rings. The van der Waals surface area contributed by atoms with E-state index in [1.807, 2.05) is 6.92 Å². The Morgan fingerprint density at radius 2 is 1.38 bits per heavy atom. The van der Waals surface area contributed by atoms with Crippen LogP contribution in [0, 0.1) is 17.8 Å². The first-order valence-electron chi connectivity index (χ1n) is 8.79. The molecule has 0 aliphatic rings. The number of hydrogen-bond donors (Lipinski definition) is 1. The molecule has 0 bridgehead atoms. The highest BCUT2D eigenvalue weighted by Gasteiger charge is 2.14. The van der Waals surface area contributed by atoms with Gasteiger partial charge in [0.2, 0.25) is 0 Å². The average Bonchev–Trinajstić information content (AvgIpc) is 2.36. The van der Waals surface area contributed by atoms with Crippen molar-refractivity contribution in [1.82, 2.24) is 0 Å². The monoisotopic (exact) mass is 302 g/mol. The maximum absolute atomic E-state index is 9.41. The Morgan fingerprint density at radius 3 is 2.00 bits per heavy atom. The van der Waals surface area contributed by atoms with E-state index in [1.165, 1.54) is 19.3 Å².